The number of piperidine rings is 1. The predicted molar refractivity (Wildman–Crippen MR) is 84.1 cm³/mol. The second-order valence-electron chi connectivity index (χ2n) is 5.51. The number of amides is 2. The van der Waals surface area contributed by atoms with Crippen molar-refractivity contribution in [2.75, 3.05) is 13.6 Å². The summed E-state index contributed by atoms with van der Waals surface area (Å²) in [5.41, 5.74) is 1.09. The third-order valence-electron chi connectivity index (χ3n) is 4.05. The summed E-state index contributed by atoms with van der Waals surface area (Å²) in [6, 6.07) is 9.04. The molecule has 7 nitrogen and oxygen atoms in total. The summed E-state index contributed by atoms with van der Waals surface area (Å²) in [6.45, 7) is 0.565. The standard InChI is InChI=1S/C16H19N5O2/c1-17-15(22)14-9-5-6-10-20(14)16(23)13-11-21(19-18-13)12-7-3-2-4-8-12/h2-4,7-8,11,14H,5-6,9-10H2,1H3,(H,17,22)/t14-/m0/s1. The Bertz CT molecular complexity index is 698. The maximum absolute atomic E-state index is 12.7. The van der Waals surface area contributed by atoms with Crippen LogP contribution in [-0.2, 0) is 4.79 Å². The Hall–Kier alpha value is -2.70. The van der Waals surface area contributed by atoms with Crippen LogP contribution in [-0.4, -0.2) is 51.3 Å². The number of carbonyl (C=O) groups excluding carboxylic acids is 2. The number of likely N-dealkylation sites (N-methyl/N-ethyl adjacent to an activating group) is 1. The summed E-state index contributed by atoms with van der Waals surface area (Å²) in [4.78, 5) is 26.3. The smallest absolute Gasteiger partial charge is 0.276 e. The molecule has 1 fully saturated rings. The fourth-order valence-corrected chi connectivity index (χ4v) is 2.83. The van der Waals surface area contributed by atoms with Gasteiger partial charge in [-0.3, -0.25) is 9.59 Å². The summed E-state index contributed by atoms with van der Waals surface area (Å²) in [5, 5.41) is 10.6. The molecule has 0 bridgehead atoms. The molecule has 3 rings (SSSR count). The molecule has 0 aliphatic carbocycles. The molecule has 23 heavy (non-hydrogen) atoms. The quantitative estimate of drug-likeness (QED) is 0.917. The van der Waals surface area contributed by atoms with E-state index < -0.39 is 6.04 Å². The van der Waals surface area contributed by atoms with Crippen LogP contribution in [0.4, 0.5) is 0 Å². The largest absolute Gasteiger partial charge is 0.357 e. The van der Waals surface area contributed by atoms with E-state index >= 15 is 0 Å². The van der Waals surface area contributed by atoms with Crippen LogP contribution < -0.4 is 5.32 Å². The lowest BCUT2D eigenvalue weighted by Gasteiger charge is -2.33. The zero-order valence-corrected chi connectivity index (χ0v) is 13.0. The second kappa shape index (κ2) is 6.60. The molecule has 1 atom stereocenters. The average molecular weight is 313 g/mol. The van der Waals surface area contributed by atoms with Gasteiger partial charge in [0.15, 0.2) is 5.69 Å². The molecule has 1 aromatic heterocycles. The van der Waals surface area contributed by atoms with Gasteiger partial charge in [0.1, 0.15) is 6.04 Å². The van der Waals surface area contributed by atoms with Crippen molar-refractivity contribution in [3.8, 4) is 5.69 Å². The van der Waals surface area contributed by atoms with Crippen LogP contribution >= 0.6 is 0 Å². The van der Waals surface area contributed by atoms with Crippen molar-refractivity contribution in [2.24, 2.45) is 0 Å². The molecule has 0 unspecified atom stereocenters. The molecule has 2 heterocycles. The predicted octanol–water partition coefficient (Wildman–Crippen LogP) is 1.01. The Kier molecular flexibility index (Phi) is 4.36. The normalized spacial score (nSPS) is 17.8. The molecule has 2 aromatic rings. The Morgan fingerprint density at radius 1 is 1.22 bits per heavy atom. The minimum Gasteiger partial charge on any atom is -0.357 e. The van der Waals surface area contributed by atoms with Gasteiger partial charge in [0.25, 0.3) is 5.91 Å². The first-order valence-corrected chi connectivity index (χ1v) is 7.71. The fraction of sp³-hybridized carbons (Fsp3) is 0.375. The number of hydrogen-bond donors (Lipinski definition) is 1. The highest BCUT2D eigenvalue weighted by atomic mass is 16.2. The van der Waals surface area contributed by atoms with Crippen molar-refractivity contribution in [2.45, 2.75) is 25.3 Å². The molecule has 7 heteroatoms. The topological polar surface area (TPSA) is 80.1 Å². The van der Waals surface area contributed by atoms with E-state index in [0.717, 1.165) is 18.5 Å². The third kappa shape index (κ3) is 3.08. The molecule has 1 aromatic carbocycles. The monoisotopic (exact) mass is 313 g/mol. The number of likely N-dealkylation sites (tertiary alicyclic amines) is 1. The summed E-state index contributed by atoms with van der Waals surface area (Å²) in [7, 11) is 1.59. The van der Waals surface area contributed by atoms with Gasteiger partial charge in [-0.2, -0.15) is 0 Å². The second-order valence-corrected chi connectivity index (χ2v) is 5.51. The average Bonchev–Trinajstić information content (AvgIpc) is 3.11. The maximum Gasteiger partial charge on any atom is 0.276 e. The zero-order chi connectivity index (χ0) is 16.2. The Morgan fingerprint density at radius 3 is 2.74 bits per heavy atom. The number of nitrogens with one attached hydrogen (secondary N) is 1. The van der Waals surface area contributed by atoms with Gasteiger partial charge in [-0.25, -0.2) is 4.68 Å². The number of rotatable bonds is 3. The highest BCUT2D eigenvalue weighted by molar-refractivity contribution is 5.96. The van der Waals surface area contributed by atoms with E-state index in [4.69, 9.17) is 0 Å². The first kappa shape index (κ1) is 15.2. The van der Waals surface area contributed by atoms with E-state index in [1.54, 1.807) is 22.8 Å². The maximum atomic E-state index is 12.7. The molecule has 0 saturated carbocycles. The number of nitrogens with zero attached hydrogens (tertiary/aromatic N) is 4. The molecule has 0 radical (unpaired) electrons. The third-order valence-corrected chi connectivity index (χ3v) is 4.05. The van der Waals surface area contributed by atoms with Gasteiger partial charge in [-0.1, -0.05) is 23.4 Å². The first-order valence-electron chi connectivity index (χ1n) is 7.71. The van der Waals surface area contributed by atoms with E-state index in [-0.39, 0.29) is 17.5 Å². The van der Waals surface area contributed by atoms with Crippen LogP contribution in [0.5, 0.6) is 0 Å². The lowest BCUT2D eigenvalue weighted by atomic mass is 10.0. The molecule has 2 amide bonds. The van der Waals surface area contributed by atoms with E-state index in [9.17, 15) is 9.59 Å². The highest BCUT2D eigenvalue weighted by Gasteiger charge is 2.33. The van der Waals surface area contributed by atoms with Gasteiger partial charge in [-0.15, -0.1) is 5.10 Å². The highest BCUT2D eigenvalue weighted by Crippen LogP contribution is 2.19. The van der Waals surface area contributed by atoms with Crippen molar-refractivity contribution < 1.29 is 9.59 Å². The van der Waals surface area contributed by atoms with Gasteiger partial charge in [0.05, 0.1) is 11.9 Å². The summed E-state index contributed by atoms with van der Waals surface area (Å²) < 4.78 is 1.56. The fourth-order valence-electron chi connectivity index (χ4n) is 2.83. The number of aromatic nitrogens is 3. The molecule has 0 spiro atoms. The van der Waals surface area contributed by atoms with E-state index in [2.05, 4.69) is 15.6 Å². The van der Waals surface area contributed by atoms with E-state index in [1.165, 1.54) is 0 Å². The number of benzene rings is 1. The summed E-state index contributed by atoms with van der Waals surface area (Å²) in [6.07, 6.45) is 4.12. The molecule has 120 valence electrons. The summed E-state index contributed by atoms with van der Waals surface area (Å²) in [5.74, 6) is -0.381. The van der Waals surface area contributed by atoms with Gasteiger partial charge >= 0.3 is 0 Å². The van der Waals surface area contributed by atoms with Crippen LogP contribution in [0.25, 0.3) is 5.69 Å². The Morgan fingerprint density at radius 2 is 2.00 bits per heavy atom. The van der Waals surface area contributed by atoms with Crippen LogP contribution in [0.1, 0.15) is 29.8 Å². The minimum atomic E-state index is -0.428. The van der Waals surface area contributed by atoms with Crippen molar-refractivity contribution in [3.63, 3.8) is 0 Å². The lowest BCUT2D eigenvalue weighted by Crippen LogP contribution is -2.51. The number of para-hydroxylation sites is 1. The molecule has 1 aliphatic rings. The molecular formula is C16H19N5O2. The Balaban J connectivity index is 1.82. The van der Waals surface area contributed by atoms with E-state index in [0.29, 0.717) is 13.0 Å². The number of carbonyl (C=O) groups is 2. The van der Waals surface area contributed by atoms with Crippen molar-refractivity contribution >= 4 is 11.8 Å². The summed E-state index contributed by atoms with van der Waals surface area (Å²) >= 11 is 0. The van der Waals surface area contributed by atoms with Crippen LogP contribution in [0, 0.1) is 0 Å². The molecular weight excluding hydrogens is 294 g/mol. The van der Waals surface area contributed by atoms with Gasteiger partial charge < -0.3 is 10.2 Å². The van der Waals surface area contributed by atoms with Crippen LogP contribution in [0.15, 0.2) is 36.5 Å². The van der Waals surface area contributed by atoms with Crippen molar-refractivity contribution in [3.05, 3.63) is 42.2 Å². The Labute approximate surface area is 134 Å². The molecule has 1 saturated heterocycles. The first-order chi connectivity index (χ1) is 11.2. The van der Waals surface area contributed by atoms with Crippen LogP contribution in [0.2, 0.25) is 0 Å². The van der Waals surface area contributed by atoms with Crippen molar-refractivity contribution in [1.82, 2.24) is 25.2 Å². The van der Waals surface area contributed by atoms with E-state index in [1.807, 2.05) is 30.3 Å². The van der Waals surface area contributed by atoms with Crippen LogP contribution in [0.3, 0.4) is 0 Å². The lowest BCUT2D eigenvalue weighted by molar-refractivity contribution is -0.126. The minimum absolute atomic E-state index is 0.131. The van der Waals surface area contributed by atoms with Gasteiger partial charge in [-0.05, 0) is 31.4 Å². The van der Waals surface area contributed by atoms with Gasteiger partial charge in [0.2, 0.25) is 5.91 Å². The van der Waals surface area contributed by atoms with Gasteiger partial charge in [0, 0.05) is 13.6 Å². The van der Waals surface area contributed by atoms with Crippen molar-refractivity contribution in [1.29, 1.82) is 0 Å². The zero-order valence-electron chi connectivity index (χ0n) is 13.0. The molecule has 1 N–H and O–H groups in total. The SMILES string of the molecule is CNC(=O)[C@@H]1CCCCN1C(=O)c1cn(-c2ccccc2)nn1. The number of hydrogen-bond acceptors (Lipinski definition) is 4. The molecule has 1 aliphatic heterocycles.